The van der Waals surface area contributed by atoms with Crippen molar-refractivity contribution in [3.05, 3.63) is 5.82 Å². The molecule has 1 aromatic rings. The summed E-state index contributed by atoms with van der Waals surface area (Å²) in [6, 6.07) is 0. The van der Waals surface area contributed by atoms with Crippen LogP contribution in [0.4, 0.5) is 0 Å². The quantitative estimate of drug-likeness (QED) is 0.776. The Morgan fingerprint density at radius 1 is 1.55 bits per heavy atom. The highest BCUT2D eigenvalue weighted by atomic mass is 32.2. The fourth-order valence-electron chi connectivity index (χ4n) is 2.29. The van der Waals surface area contributed by atoms with Gasteiger partial charge >= 0.3 is 5.97 Å². The molecule has 1 saturated heterocycles. The normalized spacial score (nSPS) is 18.9. The number of aromatic nitrogens is 3. The van der Waals surface area contributed by atoms with Crippen molar-refractivity contribution in [1.82, 2.24) is 14.8 Å². The molecule has 0 bridgehead atoms. The summed E-state index contributed by atoms with van der Waals surface area (Å²) in [5.41, 5.74) is 0. The first kappa shape index (κ1) is 15.3. The molecule has 112 valence electrons. The van der Waals surface area contributed by atoms with E-state index in [2.05, 4.69) is 28.6 Å². The number of thioether (sulfide) groups is 1. The zero-order chi connectivity index (χ0) is 14.5. The van der Waals surface area contributed by atoms with Crippen LogP contribution in [0.1, 0.15) is 38.4 Å². The maximum atomic E-state index is 10.7. The maximum absolute atomic E-state index is 10.7. The lowest BCUT2D eigenvalue weighted by Gasteiger charge is -2.13. The van der Waals surface area contributed by atoms with Gasteiger partial charge in [0.1, 0.15) is 5.82 Å². The van der Waals surface area contributed by atoms with Gasteiger partial charge in [-0.3, -0.25) is 4.79 Å². The molecule has 1 aromatic heterocycles. The van der Waals surface area contributed by atoms with Crippen LogP contribution >= 0.6 is 11.8 Å². The van der Waals surface area contributed by atoms with Gasteiger partial charge in [-0.15, -0.1) is 10.2 Å². The molecule has 2 rings (SSSR count). The summed E-state index contributed by atoms with van der Waals surface area (Å²) in [7, 11) is 0. The largest absolute Gasteiger partial charge is 0.481 e. The van der Waals surface area contributed by atoms with E-state index in [1.807, 2.05) is 0 Å². The van der Waals surface area contributed by atoms with Crippen LogP contribution in [0.3, 0.4) is 0 Å². The highest BCUT2D eigenvalue weighted by Gasteiger charge is 2.20. The molecule has 0 radical (unpaired) electrons. The summed E-state index contributed by atoms with van der Waals surface area (Å²) in [6.45, 7) is 6.66. The predicted molar refractivity (Wildman–Crippen MR) is 76.0 cm³/mol. The number of ether oxygens (including phenoxy) is 1. The molecule has 0 spiro atoms. The Balaban J connectivity index is 2.04. The highest BCUT2D eigenvalue weighted by Crippen LogP contribution is 2.24. The zero-order valence-electron chi connectivity index (χ0n) is 11.9. The summed E-state index contributed by atoms with van der Waals surface area (Å²) >= 11 is 1.23. The smallest absolute Gasteiger partial charge is 0.313 e. The van der Waals surface area contributed by atoms with Crippen molar-refractivity contribution in [1.29, 1.82) is 0 Å². The molecule has 1 unspecified atom stereocenters. The molecule has 1 N–H and O–H groups in total. The summed E-state index contributed by atoms with van der Waals surface area (Å²) in [5.74, 6) is 0.982. The average molecular weight is 299 g/mol. The Hall–Kier alpha value is -1.08. The van der Waals surface area contributed by atoms with Crippen LogP contribution in [0.25, 0.3) is 0 Å². The highest BCUT2D eigenvalue weighted by molar-refractivity contribution is 7.99. The van der Waals surface area contributed by atoms with Crippen molar-refractivity contribution in [2.24, 2.45) is 5.92 Å². The van der Waals surface area contributed by atoms with Crippen molar-refractivity contribution >= 4 is 17.7 Å². The third kappa shape index (κ3) is 3.96. The van der Waals surface area contributed by atoms with E-state index in [1.54, 1.807) is 0 Å². The van der Waals surface area contributed by atoms with E-state index >= 15 is 0 Å². The Morgan fingerprint density at radius 2 is 2.35 bits per heavy atom. The summed E-state index contributed by atoms with van der Waals surface area (Å²) in [6.07, 6.45) is 2.13. The van der Waals surface area contributed by atoms with Gasteiger partial charge in [-0.25, -0.2) is 0 Å². The van der Waals surface area contributed by atoms with Gasteiger partial charge in [0, 0.05) is 25.7 Å². The summed E-state index contributed by atoms with van der Waals surface area (Å²) in [4.78, 5) is 10.7. The van der Waals surface area contributed by atoms with Crippen LogP contribution in [0.15, 0.2) is 5.16 Å². The Kier molecular flexibility index (Phi) is 5.42. The first-order chi connectivity index (χ1) is 9.58. The van der Waals surface area contributed by atoms with Gasteiger partial charge in [-0.2, -0.15) is 0 Å². The van der Waals surface area contributed by atoms with E-state index in [4.69, 9.17) is 9.84 Å². The average Bonchev–Trinajstić information content (AvgIpc) is 3.03. The molecule has 0 aromatic carbocycles. The van der Waals surface area contributed by atoms with Gasteiger partial charge in [-0.1, -0.05) is 25.6 Å². The molecule has 1 atom stereocenters. The molecule has 1 aliphatic heterocycles. The molecule has 7 heteroatoms. The minimum absolute atomic E-state index is 0.0166. The molecule has 1 fully saturated rings. The van der Waals surface area contributed by atoms with E-state index in [0.717, 1.165) is 38.4 Å². The van der Waals surface area contributed by atoms with E-state index in [9.17, 15) is 4.79 Å². The van der Waals surface area contributed by atoms with Gasteiger partial charge in [0.25, 0.3) is 0 Å². The second-order valence-corrected chi connectivity index (χ2v) is 6.29. The lowest BCUT2D eigenvalue weighted by atomic mass is 10.1. The molecule has 0 aliphatic carbocycles. The standard InChI is InChI=1S/C13H21N3O3S/c1-9(2)12-14-15-13(20-8-11(17)18)16(12)5-3-10-4-6-19-7-10/h9-10H,3-8H2,1-2H3,(H,17,18). The number of carboxylic acid groups (broad SMARTS) is 1. The van der Waals surface area contributed by atoms with Crippen molar-refractivity contribution in [2.45, 2.75) is 44.3 Å². The first-order valence-corrected chi connectivity index (χ1v) is 7.92. The second-order valence-electron chi connectivity index (χ2n) is 5.35. The summed E-state index contributed by atoms with van der Waals surface area (Å²) in [5, 5.41) is 17.8. The minimum Gasteiger partial charge on any atom is -0.481 e. The monoisotopic (exact) mass is 299 g/mol. The van der Waals surface area contributed by atoms with Crippen molar-refractivity contribution in [2.75, 3.05) is 19.0 Å². The fraction of sp³-hybridized carbons (Fsp3) is 0.769. The van der Waals surface area contributed by atoms with E-state index in [0.29, 0.717) is 11.1 Å². The van der Waals surface area contributed by atoms with Gasteiger partial charge < -0.3 is 14.4 Å². The topological polar surface area (TPSA) is 77.2 Å². The molecule has 1 aliphatic rings. The van der Waals surface area contributed by atoms with Crippen LogP contribution in [-0.4, -0.2) is 44.8 Å². The van der Waals surface area contributed by atoms with Gasteiger partial charge in [0.2, 0.25) is 0 Å². The molecular weight excluding hydrogens is 278 g/mol. The lowest BCUT2D eigenvalue weighted by molar-refractivity contribution is -0.133. The van der Waals surface area contributed by atoms with E-state index in [-0.39, 0.29) is 11.7 Å². The zero-order valence-corrected chi connectivity index (χ0v) is 12.7. The first-order valence-electron chi connectivity index (χ1n) is 6.93. The minimum atomic E-state index is -0.833. The number of carbonyl (C=O) groups is 1. The van der Waals surface area contributed by atoms with E-state index in [1.165, 1.54) is 11.8 Å². The summed E-state index contributed by atoms with van der Waals surface area (Å²) < 4.78 is 7.46. The predicted octanol–water partition coefficient (Wildman–Crippen LogP) is 2.00. The number of hydrogen-bond acceptors (Lipinski definition) is 5. The molecule has 2 heterocycles. The van der Waals surface area contributed by atoms with Crippen molar-refractivity contribution in [3.8, 4) is 0 Å². The third-order valence-electron chi connectivity index (χ3n) is 3.37. The Bertz CT molecular complexity index is 456. The van der Waals surface area contributed by atoms with Gasteiger partial charge in [0.15, 0.2) is 5.16 Å². The van der Waals surface area contributed by atoms with Crippen LogP contribution in [0.2, 0.25) is 0 Å². The third-order valence-corrected chi connectivity index (χ3v) is 4.32. The van der Waals surface area contributed by atoms with Crippen LogP contribution in [0.5, 0.6) is 0 Å². The maximum Gasteiger partial charge on any atom is 0.313 e. The number of nitrogens with zero attached hydrogens (tertiary/aromatic N) is 3. The van der Waals surface area contributed by atoms with Crippen molar-refractivity contribution < 1.29 is 14.6 Å². The van der Waals surface area contributed by atoms with Crippen LogP contribution < -0.4 is 0 Å². The van der Waals surface area contributed by atoms with E-state index < -0.39 is 5.97 Å². The van der Waals surface area contributed by atoms with Crippen molar-refractivity contribution in [3.63, 3.8) is 0 Å². The molecular formula is C13H21N3O3S. The second kappa shape index (κ2) is 7.08. The Morgan fingerprint density at radius 3 is 2.95 bits per heavy atom. The SMILES string of the molecule is CC(C)c1nnc(SCC(=O)O)n1CCC1CCOC1. The fourth-order valence-corrected chi connectivity index (χ4v) is 2.98. The van der Waals surface area contributed by atoms with Crippen LogP contribution in [0, 0.1) is 5.92 Å². The van der Waals surface area contributed by atoms with Gasteiger partial charge in [-0.05, 0) is 18.8 Å². The number of carboxylic acids is 1. The van der Waals surface area contributed by atoms with Crippen LogP contribution in [-0.2, 0) is 16.1 Å². The number of aliphatic carboxylic acids is 1. The lowest BCUT2D eigenvalue weighted by Crippen LogP contribution is -2.12. The van der Waals surface area contributed by atoms with Gasteiger partial charge in [0.05, 0.1) is 5.75 Å². The Labute approximate surface area is 122 Å². The number of hydrogen-bond donors (Lipinski definition) is 1. The molecule has 6 nitrogen and oxygen atoms in total. The molecule has 0 amide bonds. The number of rotatable bonds is 7. The molecule has 20 heavy (non-hydrogen) atoms. The molecule has 0 saturated carbocycles.